The molecule has 9 atom stereocenters. The molecule has 6 aliphatic rings. The molecule has 2 bridgehead atoms. The first-order valence-corrected chi connectivity index (χ1v) is 13.6. The Bertz CT molecular complexity index is 800. The van der Waals surface area contributed by atoms with Gasteiger partial charge in [-0.3, -0.25) is 0 Å². The van der Waals surface area contributed by atoms with Crippen LogP contribution in [0.4, 0.5) is 0 Å². The van der Waals surface area contributed by atoms with E-state index in [1.165, 1.54) is 37.7 Å². The molecule has 0 aromatic carbocycles. The summed E-state index contributed by atoms with van der Waals surface area (Å²) in [7, 11) is 0. The van der Waals surface area contributed by atoms with Gasteiger partial charge in [-0.05, 0) is 85.3 Å². The van der Waals surface area contributed by atoms with Crippen LogP contribution in [-0.2, 0) is 9.78 Å². The van der Waals surface area contributed by atoms with Crippen molar-refractivity contribution >= 4 is 0 Å². The van der Waals surface area contributed by atoms with E-state index in [0.717, 1.165) is 42.9 Å². The summed E-state index contributed by atoms with van der Waals surface area (Å²) in [6.07, 6.45) is 17.1. The molecule has 0 radical (unpaired) electrons. The Balaban J connectivity index is 1.42. The van der Waals surface area contributed by atoms with Crippen LogP contribution in [0.2, 0.25) is 0 Å². The Hall–Kier alpha value is -0.640. The molecule has 0 aromatic rings. The van der Waals surface area contributed by atoms with Crippen molar-refractivity contribution in [2.24, 2.45) is 40.4 Å². The zero-order valence-corrected chi connectivity index (χ0v) is 21.3. The number of allylic oxidation sites excluding steroid dienone is 1. The lowest BCUT2D eigenvalue weighted by Gasteiger charge is -2.66. The summed E-state index contributed by atoms with van der Waals surface area (Å²) < 4.78 is 0. The minimum atomic E-state index is -0.497. The molecule has 2 saturated carbocycles. The van der Waals surface area contributed by atoms with E-state index in [0.29, 0.717) is 12.3 Å². The molecule has 0 unspecified atom stereocenters. The van der Waals surface area contributed by atoms with Crippen LogP contribution in [0.3, 0.4) is 0 Å². The van der Waals surface area contributed by atoms with Gasteiger partial charge in [-0.1, -0.05) is 60.5 Å². The molecule has 32 heavy (non-hydrogen) atoms. The van der Waals surface area contributed by atoms with Crippen LogP contribution < -0.4 is 0 Å². The molecule has 2 spiro atoms. The number of hydrogen-bond donors (Lipinski definition) is 1. The molecule has 3 heteroatoms. The molecule has 0 amide bonds. The molecule has 3 fully saturated rings. The van der Waals surface area contributed by atoms with E-state index in [1.54, 1.807) is 0 Å². The summed E-state index contributed by atoms with van der Waals surface area (Å²) in [6.45, 7) is 14.6. The summed E-state index contributed by atoms with van der Waals surface area (Å²) >= 11 is 0. The number of aliphatic hydroxyl groups excluding tert-OH is 1. The highest BCUT2D eigenvalue weighted by molar-refractivity contribution is 5.48. The number of hydrogen-bond acceptors (Lipinski definition) is 3. The number of fused-ring (bicyclic) bond motifs is 2. The van der Waals surface area contributed by atoms with Gasteiger partial charge in [0.2, 0.25) is 0 Å². The average molecular weight is 443 g/mol. The highest BCUT2D eigenvalue weighted by atomic mass is 17.2. The van der Waals surface area contributed by atoms with Gasteiger partial charge in [0.15, 0.2) is 0 Å². The van der Waals surface area contributed by atoms with Crippen molar-refractivity contribution in [3.05, 3.63) is 23.8 Å². The van der Waals surface area contributed by atoms with Gasteiger partial charge >= 0.3 is 0 Å². The normalized spacial score (nSPS) is 48.8. The minimum absolute atomic E-state index is 0.0596. The van der Waals surface area contributed by atoms with Crippen LogP contribution in [0.15, 0.2) is 23.8 Å². The fourth-order valence-electron chi connectivity index (χ4n) is 9.06. The molecular formula is C29H46O3. The third kappa shape index (κ3) is 2.96. The van der Waals surface area contributed by atoms with Crippen LogP contribution in [0.5, 0.6) is 0 Å². The smallest absolute Gasteiger partial charge is 0.147 e. The van der Waals surface area contributed by atoms with Gasteiger partial charge in [-0.2, -0.15) is 0 Å². The second kappa shape index (κ2) is 7.68. The Morgan fingerprint density at radius 3 is 2.50 bits per heavy atom. The predicted molar refractivity (Wildman–Crippen MR) is 129 cm³/mol. The summed E-state index contributed by atoms with van der Waals surface area (Å²) in [5.74, 6) is 3.61. The van der Waals surface area contributed by atoms with Crippen molar-refractivity contribution in [1.82, 2.24) is 0 Å². The van der Waals surface area contributed by atoms with Gasteiger partial charge in [0.1, 0.15) is 11.2 Å². The van der Waals surface area contributed by atoms with Gasteiger partial charge in [0, 0.05) is 17.8 Å². The molecular weight excluding hydrogens is 396 g/mol. The lowest BCUT2D eigenvalue weighted by atomic mass is 9.46. The first kappa shape index (κ1) is 23.1. The van der Waals surface area contributed by atoms with Crippen LogP contribution in [0.1, 0.15) is 99.3 Å². The summed E-state index contributed by atoms with van der Waals surface area (Å²) in [4.78, 5) is 12.7. The molecule has 1 saturated heterocycles. The van der Waals surface area contributed by atoms with E-state index in [9.17, 15) is 5.11 Å². The SMILES string of the molecule is CC[C@H](CC[C@@H](C)[C@@H]1CC[C@@H]2[C@]1(C)CC=C1[C@]3(C)CC[C@H](O)C[C@]34C=C[C@@]12OO4)C(C)C. The molecule has 4 aliphatic carbocycles. The van der Waals surface area contributed by atoms with Gasteiger partial charge in [0.25, 0.3) is 0 Å². The second-order valence-electron chi connectivity index (χ2n) is 12.9. The minimum Gasteiger partial charge on any atom is -0.393 e. The number of aliphatic hydroxyl groups is 1. The zero-order chi connectivity index (χ0) is 22.9. The van der Waals surface area contributed by atoms with E-state index >= 15 is 0 Å². The van der Waals surface area contributed by atoms with E-state index < -0.39 is 11.2 Å². The van der Waals surface area contributed by atoms with Crippen LogP contribution in [0, 0.1) is 40.4 Å². The highest BCUT2D eigenvalue weighted by Gasteiger charge is 2.71. The van der Waals surface area contributed by atoms with Crippen molar-refractivity contribution in [1.29, 1.82) is 0 Å². The summed E-state index contributed by atoms with van der Waals surface area (Å²) in [5.41, 5.74) is 0.772. The Labute approximate surface area is 195 Å². The standard InChI is InChI=1S/C29H46O3/c1-7-21(19(2)3)9-8-20(4)23-10-11-24-26(23,5)14-13-25-27(6)15-12-22(30)18-28(27)16-17-29(24,25)32-31-28/h13,16-17,19-24,30H,7-12,14-15,18H2,1-6H3/t20-,21-,22+,23+,24-,26-,27+,28-,29+/m1/s1. The van der Waals surface area contributed by atoms with Crippen molar-refractivity contribution in [2.45, 2.75) is 117 Å². The third-order valence-corrected chi connectivity index (χ3v) is 11.2. The molecule has 6 rings (SSSR count). The number of rotatable bonds is 6. The third-order valence-electron chi connectivity index (χ3n) is 11.2. The fourth-order valence-corrected chi connectivity index (χ4v) is 9.06. The fraction of sp³-hybridized carbons (Fsp3) is 0.862. The van der Waals surface area contributed by atoms with Gasteiger partial charge in [-0.15, -0.1) is 0 Å². The first-order chi connectivity index (χ1) is 15.1. The molecule has 2 aliphatic heterocycles. The van der Waals surface area contributed by atoms with Gasteiger partial charge < -0.3 is 5.11 Å². The monoisotopic (exact) mass is 442 g/mol. The summed E-state index contributed by atoms with van der Waals surface area (Å²) in [5, 5.41) is 10.4. The first-order valence-electron chi connectivity index (χ1n) is 13.6. The Morgan fingerprint density at radius 2 is 1.84 bits per heavy atom. The molecule has 3 nitrogen and oxygen atoms in total. The molecule has 2 heterocycles. The predicted octanol–water partition coefficient (Wildman–Crippen LogP) is 7.01. The van der Waals surface area contributed by atoms with Crippen molar-refractivity contribution in [2.75, 3.05) is 0 Å². The lowest BCUT2D eigenvalue weighted by molar-refractivity contribution is -0.455. The molecule has 0 aromatic heterocycles. The Morgan fingerprint density at radius 1 is 1.06 bits per heavy atom. The van der Waals surface area contributed by atoms with Gasteiger partial charge in [0.05, 0.1) is 6.10 Å². The van der Waals surface area contributed by atoms with E-state index in [1.807, 2.05) is 0 Å². The molecule has 1 N–H and O–H groups in total. The van der Waals surface area contributed by atoms with Gasteiger partial charge in [-0.25, -0.2) is 9.78 Å². The van der Waals surface area contributed by atoms with Crippen molar-refractivity contribution in [3.8, 4) is 0 Å². The zero-order valence-electron chi connectivity index (χ0n) is 21.3. The van der Waals surface area contributed by atoms with E-state index in [4.69, 9.17) is 9.78 Å². The van der Waals surface area contributed by atoms with Crippen molar-refractivity contribution in [3.63, 3.8) is 0 Å². The van der Waals surface area contributed by atoms with E-state index in [2.05, 4.69) is 59.8 Å². The average Bonchev–Trinajstić information content (AvgIpc) is 3.12. The molecule has 180 valence electrons. The van der Waals surface area contributed by atoms with Crippen LogP contribution >= 0.6 is 0 Å². The maximum absolute atomic E-state index is 10.4. The topological polar surface area (TPSA) is 38.7 Å². The maximum Gasteiger partial charge on any atom is 0.147 e. The van der Waals surface area contributed by atoms with Crippen LogP contribution in [0.25, 0.3) is 0 Å². The van der Waals surface area contributed by atoms with Crippen LogP contribution in [-0.4, -0.2) is 22.4 Å². The maximum atomic E-state index is 10.4. The lowest BCUT2D eigenvalue weighted by Crippen LogP contribution is -2.69. The van der Waals surface area contributed by atoms with E-state index in [-0.39, 0.29) is 16.9 Å². The van der Waals surface area contributed by atoms with Crippen molar-refractivity contribution < 1.29 is 14.9 Å². The quantitative estimate of drug-likeness (QED) is 0.355. The Kier molecular flexibility index (Phi) is 5.55. The largest absolute Gasteiger partial charge is 0.393 e. The highest BCUT2D eigenvalue weighted by Crippen LogP contribution is 2.71. The second-order valence-corrected chi connectivity index (χ2v) is 12.9. The summed E-state index contributed by atoms with van der Waals surface area (Å²) in [6, 6.07) is 0.